The van der Waals surface area contributed by atoms with Crippen LogP contribution >= 0.6 is 12.4 Å². The Morgan fingerprint density at radius 3 is 2.29 bits per heavy atom. The normalized spacial score (nSPS) is 20.9. The van der Waals surface area contributed by atoms with Crippen molar-refractivity contribution >= 4 is 22.4 Å². The first-order valence-electron chi connectivity index (χ1n) is 6.12. The number of nitrogens with one attached hydrogen (secondary N) is 1. The van der Waals surface area contributed by atoms with Gasteiger partial charge in [-0.25, -0.2) is 8.42 Å². The number of hydrogen-bond acceptors (Lipinski definition) is 3. The Labute approximate surface area is 127 Å². The minimum absolute atomic E-state index is 0. The summed E-state index contributed by atoms with van der Waals surface area (Å²) in [4.78, 5) is -0.111. The molecule has 4 nitrogen and oxygen atoms in total. The Kier molecular flexibility index (Phi) is 5.65. The summed E-state index contributed by atoms with van der Waals surface area (Å²) in [6, 6.07) is 3.61. The maximum absolute atomic E-state index is 12.5. The van der Waals surface area contributed by atoms with Gasteiger partial charge in [-0.05, 0) is 31.2 Å². The van der Waals surface area contributed by atoms with Crippen LogP contribution < -0.4 is 5.32 Å². The van der Waals surface area contributed by atoms with E-state index in [-0.39, 0.29) is 23.3 Å². The van der Waals surface area contributed by atoms with Gasteiger partial charge in [0.1, 0.15) is 0 Å². The van der Waals surface area contributed by atoms with Crippen LogP contribution in [0.1, 0.15) is 12.5 Å². The molecule has 21 heavy (non-hydrogen) atoms. The number of piperazine rings is 1. The number of sulfonamides is 1. The first-order valence-corrected chi connectivity index (χ1v) is 7.56. The van der Waals surface area contributed by atoms with E-state index in [0.717, 1.165) is 24.3 Å². The van der Waals surface area contributed by atoms with Crippen molar-refractivity contribution in [2.75, 3.05) is 19.6 Å². The molecule has 1 aliphatic heterocycles. The molecule has 1 atom stereocenters. The fraction of sp³-hybridized carbons (Fsp3) is 0.500. The first kappa shape index (κ1) is 18.2. The van der Waals surface area contributed by atoms with Crippen LogP contribution in [0.3, 0.4) is 0 Å². The molecule has 1 unspecified atom stereocenters. The molecule has 1 heterocycles. The predicted molar refractivity (Wildman–Crippen MR) is 74.9 cm³/mol. The summed E-state index contributed by atoms with van der Waals surface area (Å²) in [6.07, 6.45) is -4.47. The smallest absolute Gasteiger partial charge is 0.312 e. The third-order valence-electron chi connectivity index (χ3n) is 3.15. The van der Waals surface area contributed by atoms with Crippen molar-refractivity contribution in [1.29, 1.82) is 0 Å². The summed E-state index contributed by atoms with van der Waals surface area (Å²) >= 11 is 0. The highest BCUT2D eigenvalue weighted by Gasteiger charge is 2.32. The van der Waals surface area contributed by atoms with Crippen molar-refractivity contribution in [2.45, 2.75) is 24.0 Å². The van der Waals surface area contributed by atoms with Crippen molar-refractivity contribution in [3.05, 3.63) is 29.8 Å². The van der Waals surface area contributed by atoms with E-state index in [1.54, 1.807) is 0 Å². The minimum Gasteiger partial charge on any atom is -0.312 e. The molecule has 0 aliphatic carbocycles. The molecule has 9 heteroatoms. The summed E-state index contributed by atoms with van der Waals surface area (Å²) in [5.41, 5.74) is -0.856. The Bertz CT molecular complexity index is 575. The number of halogens is 4. The van der Waals surface area contributed by atoms with Gasteiger partial charge in [-0.3, -0.25) is 0 Å². The summed E-state index contributed by atoms with van der Waals surface area (Å²) in [5, 5.41) is 3.11. The lowest BCUT2D eigenvalue weighted by Crippen LogP contribution is -2.51. The average molecular weight is 345 g/mol. The molecule has 1 aliphatic rings. The fourth-order valence-corrected chi connectivity index (χ4v) is 3.61. The van der Waals surface area contributed by atoms with Gasteiger partial charge in [0.25, 0.3) is 0 Å². The number of nitrogens with zero attached hydrogens (tertiary/aromatic N) is 1. The van der Waals surface area contributed by atoms with E-state index >= 15 is 0 Å². The third kappa shape index (κ3) is 4.09. The maximum atomic E-state index is 12.5. The summed E-state index contributed by atoms with van der Waals surface area (Å²) in [7, 11) is -3.73. The highest BCUT2D eigenvalue weighted by Crippen LogP contribution is 2.30. The van der Waals surface area contributed by atoms with Gasteiger partial charge in [-0.1, -0.05) is 0 Å². The molecular weight excluding hydrogens is 329 g/mol. The standard InChI is InChI=1S/C12H15F3N2O2S.ClH/c1-9-8-17(7-6-16-9)20(18,19)11-4-2-10(3-5-11)12(13,14)15;/h2-5,9,16H,6-8H2,1H3;1H. The zero-order chi connectivity index (χ0) is 15.0. The molecule has 2 rings (SSSR count). The fourth-order valence-electron chi connectivity index (χ4n) is 2.08. The van der Waals surface area contributed by atoms with E-state index < -0.39 is 21.8 Å². The number of hydrogen-bond donors (Lipinski definition) is 1. The molecule has 1 aromatic carbocycles. The summed E-state index contributed by atoms with van der Waals surface area (Å²) in [5.74, 6) is 0. The molecular formula is C12H16ClF3N2O2S. The molecule has 0 radical (unpaired) electrons. The van der Waals surface area contributed by atoms with Crippen LogP contribution in [0.5, 0.6) is 0 Å². The van der Waals surface area contributed by atoms with Crippen LogP contribution in [-0.4, -0.2) is 38.4 Å². The quantitative estimate of drug-likeness (QED) is 0.894. The SMILES string of the molecule is CC1CN(S(=O)(=O)c2ccc(C(F)(F)F)cc2)CCN1.Cl. The van der Waals surface area contributed by atoms with Gasteiger partial charge in [-0.2, -0.15) is 17.5 Å². The zero-order valence-electron chi connectivity index (χ0n) is 11.2. The first-order chi connectivity index (χ1) is 9.21. The second-order valence-electron chi connectivity index (χ2n) is 4.74. The highest BCUT2D eigenvalue weighted by atomic mass is 35.5. The summed E-state index contributed by atoms with van der Waals surface area (Å²) in [6.45, 7) is 3.01. The van der Waals surface area contributed by atoms with Gasteiger partial charge >= 0.3 is 6.18 Å². The topological polar surface area (TPSA) is 49.4 Å². The molecule has 1 fully saturated rings. The van der Waals surface area contributed by atoms with E-state index in [1.807, 2.05) is 6.92 Å². The van der Waals surface area contributed by atoms with Crippen LogP contribution in [-0.2, 0) is 16.2 Å². The van der Waals surface area contributed by atoms with Crippen LogP contribution in [0, 0.1) is 0 Å². The second-order valence-corrected chi connectivity index (χ2v) is 6.68. The van der Waals surface area contributed by atoms with E-state index in [2.05, 4.69) is 5.32 Å². The lowest BCUT2D eigenvalue weighted by Gasteiger charge is -2.31. The zero-order valence-corrected chi connectivity index (χ0v) is 12.9. The predicted octanol–water partition coefficient (Wildman–Crippen LogP) is 2.11. The van der Waals surface area contributed by atoms with Crippen molar-refractivity contribution in [1.82, 2.24) is 9.62 Å². The van der Waals surface area contributed by atoms with Crippen LogP contribution in [0.15, 0.2) is 29.2 Å². The second kappa shape index (κ2) is 6.51. The Morgan fingerprint density at radius 2 is 1.81 bits per heavy atom. The van der Waals surface area contributed by atoms with Gasteiger partial charge in [-0.15, -0.1) is 12.4 Å². The molecule has 1 aromatic rings. The lowest BCUT2D eigenvalue weighted by molar-refractivity contribution is -0.137. The molecule has 1 N–H and O–H groups in total. The Morgan fingerprint density at radius 1 is 1.24 bits per heavy atom. The third-order valence-corrected chi connectivity index (χ3v) is 5.03. The monoisotopic (exact) mass is 344 g/mol. The highest BCUT2D eigenvalue weighted by molar-refractivity contribution is 7.89. The largest absolute Gasteiger partial charge is 0.416 e. The van der Waals surface area contributed by atoms with E-state index in [4.69, 9.17) is 0 Å². The number of alkyl halides is 3. The van der Waals surface area contributed by atoms with Crippen molar-refractivity contribution < 1.29 is 21.6 Å². The maximum Gasteiger partial charge on any atom is 0.416 e. The van der Waals surface area contributed by atoms with Gasteiger partial charge < -0.3 is 5.32 Å². The van der Waals surface area contributed by atoms with Crippen molar-refractivity contribution in [3.63, 3.8) is 0 Å². The van der Waals surface area contributed by atoms with Gasteiger partial charge in [0.15, 0.2) is 0 Å². The summed E-state index contributed by atoms with van der Waals surface area (Å²) < 4.78 is 63.3. The van der Waals surface area contributed by atoms with Crippen molar-refractivity contribution in [2.24, 2.45) is 0 Å². The lowest BCUT2D eigenvalue weighted by atomic mass is 10.2. The molecule has 0 amide bonds. The van der Waals surface area contributed by atoms with Crippen LogP contribution in [0.2, 0.25) is 0 Å². The van der Waals surface area contributed by atoms with Crippen LogP contribution in [0.25, 0.3) is 0 Å². The average Bonchev–Trinajstić information content (AvgIpc) is 2.38. The van der Waals surface area contributed by atoms with E-state index in [0.29, 0.717) is 19.6 Å². The molecule has 120 valence electrons. The number of rotatable bonds is 2. The van der Waals surface area contributed by atoms with Gasteiger partial charge in [0.05, 0.1) is 10.5 Å². The molecule has 0 saturated carbocycles. The van der Waals surface area contributed by atoms with E-state index in [1.165, 1.54) is 4.31 Å². The van der Waals surface area contributed by atoms with Crippen LogP contribution in [0.4, 0.5) is 13.2 Å². The molecule has 0 bridgehead atoms. The minimum atomic E-state index is -4.47. The molecule has 1 saturated heterocycles. The van der Waals surface area contributed by atoms with Gasteiger partial charge in [0, 0.05) is 25.7 Å². The molecule has 0 aromatic heterocycles. The van der Waals surface area contributed by atoms with Gasteiger partial charge in [0.2, 0.25) is 10.0 Å². The van der Waals surface area contributed by atoms with Crippen molar-refractivity contribution in [3.8, 4) is 0 Å². The molecule has 0 spiro atoms. The number of benzene rings is 1. The Hall–Kier alpha value is -0.830. The Balaban J connectivity index is 0.00000220. The van der Waals surface area contributed by atoms with E-state index in [9.17, 15) is 21.6 Å².